The Morgan fingerprint density at radius 3 is 2.42 bits per heavy atom. The minimum atomic E-state index is -2.42. The summed E-state index contributed by atoms with van der Waals surface area (Å²) in [6.07, 6.45) is 0. The van der Waals surface area contributed by atoms with Crippen LogP contribution >= 0.6 is 11.3 Å². The predicted molar refractivity (Wildman–Crippen MR) is 98.2 cm³/mol. The first-order chi connectivity index (χ1) is 13.0. The molecule has 3 aromatic heterocycles. The molecule has 0 aliphatic heterocycles. The van der Waals surface area contributed by atoms with Crippen LogP contribution in [0.15, 0.2) is 54.6 Å². The van der Waals surface area contributed by atoms with Gasteiger partial charge in [-0.1, -0.05) is 30.3 Å². The molecule has 5 rings (SSSR count). The van der Waals surface area contributed by atoms with E-state index in [4.69, 9.17) is 9.10 Å². The number of benzene rings is 2. The second-order valence-electron chi connectivity index (χ2n) is 5.46. The summed E-state index contributed by atoms with van der Waals surface area (Å²) < 4.78 is 24.5. The highest BCUT2D eigenvalue weighted by Crippen LogP contribution is 2.35. The normalized spacial score (nSPS) is 13.9. The maximum atomic E-state index is 7.79. The Morgan fingerprint density at radius 1 is 0.875 bits per heavy atom. The summed E-state index contributed by atoms with van der Waals surface area (Å²) in [6.45, 7) is -2.42. The Labute approximate surface area is 146 Å². The van der Waals surface area contributed by atoms with Crippen molar-refractivity contribution in [2.45, 2.75) is 6.85 Å². The Balaban J connectivity index is 1.88. The smallest absolute Gasteiger partial charge is 0.131 e. The van der Waals surface area contributed by atoms with E-state index in [1.165, 1.54) is 0 Å². The Bertz CT molecular complexity index is 1290. The number of rotatable bonds is 1. The SMILES string of the molecule is [2H]C([2H])([2H])c1nnc(-c2cc3ccccc3s2)c2nc3ccccc3nc12. The van der Waals surface area contributed by atoms with Crippen molar-refractivity contribution in [1.82, 2.24) is 20.2 Å². The first kappa shape index (κ1) is 10.8. The van der Waals surface area contributed by atoms with E-state index in [9.17, 15) is 0 Å². The summed E-state index contributed by atoms with van der Waals surface area (Å²) in [5.41, 5.74) is 2.48. The van der Waals surface area contributed by atoms with Crippen molar-refractivity contribution in [1.29, 1.82) is 0 Å². The fraction of sp³-hybridized carbons (Fsp3) is 0.0526. The molecule has 0 amide bonds. The standard InChI is InChI=1S/C19H12N4S/c1-11-17-19(21-14-8-4-3-7-13(14)20-17)18(23-22-11)16-10-12-6-2-5-9-15(12)24-16/h2-10H,1H3/i1D3. The zero-order valence-corrected chi connectivity index (χ0v) is 13.2. The lowest BCUT2D eigenvalue weighted by molar-refractivity contribution is 0.999. The van der Waals surface area contributed by atoms with Gasteiger partial charge in [0.05, 0.1) is 21.6 Å². The molecule has 0 bridgehead atoms. The van der Waals surface area contributed by atoms with Gasteiger partial charge in [0, 0.05) is 8.81 Å². The number of thiophene rings is 1. The number of aromatic nitrogens is 4. The van der Waals surface area contributed by atoms with E-state index in [1.807, 2.05) is 54.6 Å². The maximum absolute atomic E-state index is 7.79. The zero-order chi connectivity index (χ0) is 18.6. The van der Waals surface area contributed by atoms with Crippen molar-refractivity contribution in [2.24, 2.45) is 0 Å². The van der Waals surface area contributed by atoms with Gasteiger partial charge in [0.25, 0.3) is 0 Å². The van der Waals surface area contributed by atoms with Gasteiger partial charge < -0.3 is 0 Å². The monoisotopic (exact) mass is 331 g/mol. The number of nitrogens with zero attached hydrogens (tertiary/aromatic N) is 4. The van der Waals surface area contributed by atoms with Crippen LogP contribution in [0, 0.1) is 6.85 Å². The van der Waals surface area contributed by atoms with E-state index in [-0.39, 0.29) is 11.2 Å². The Kier molecular flexibility index (Phi) is 2.26. The third-order valence-corrected chi connectivity index (χ3v) is 5.05. The van der Waals surface area contributed by atoms with Crippen LogP contribution in [0.1, 0.15) is 9.81 Å². The third-order valence-electron chi connectivity index (χ3n) is 3.93. The molecule has 0 N–H and O–H groups in total. The molecule has 5 heteroatoms. The average molecular weight is 331 g/mol. The maximum Gasteiger partial charge on any atom is 0.131 e. The van der Waals surface area contributed by atoms with Gasteiger partial charge in [0.15, 0.2) is 0 Å². The van der Waals surface area contributed by atoms with Gasteiger partial charge in [-0.3, -0.25) is 0 Å². The molecule has 0 saturated heterocycles. The fourth-order valence-corrected chi connectivity index (χ4v) is 3.84. The molecule has 0 atom stereocenters. The van der Waals surface area contributed by atoms with Crippen molar-refractivity contribution in [3.05, 3.63) is 60.3 Å². The van der Waals surface area contributed by atoms with E-state index in [0.717, 1.165) is 15.0 Å². The first-order valence-corrected chi connectivity index (χ1v) is 8.25. The molecule has 114 valence electrons. The van der Waals surface area contributed by atoms with Gasteiger partial charge in [0.1, 0.15) is 16.7 Å². The van der Waals surface area contributed by atoms with Gasteiger partial charge in [-0.2, -0.15) is 5.10 Å². The molecule has 0 unspecified atom stereocenters. The minimum absolute atomic E-state index is 0.124. The summed E-state index contributed by atoms with van der Waals surface area (Å²) in [7, 11) is 0. The molecular weight excluding hydrogens is 316 g/mol. The zero-order valence-electron chi connectivity index (χ0n) is 15.4. The van der Waals surface area contributed by atoms with Crippen LogP contribution < -0.4 is 0 Å². The van der Waals surface area contributed by atoms with Gasteiger partial charge in [0.2, 0.25) is 0 Å². The van der Waals surface area contributed by atoms with Gasteiger partial charge >= 0.3 is 0 Å². The van der Waals surface area contributed by atoms with Gasteiger partial charge in [-0.15, -0.1) is 16.4 Å². The first-order valence-electron chi connectivity index (χ1n) is 8.93. The second kappa shape index (κ2) is 5.04. The Morgan fingerprint density at radius 2 is 1.62 bits per heavy atom. The summed E-state index contributed by atoms with van der Waals surface area (Å²) in [5, 5.41) is 9.36. The van der Waals surface area contributed by atoms with E-state index in [1.54, 1.807) is 11.3 Å². The number of hydrogen-bond acceptors (Lipinski definition) is 5. The lowest BCUT2D eigenvalue weighted by Gasteiger charge is -2.05. The second-order valence-corrected chi connectivity index (χ2v) is 6.54. The number of hydrogen-bond donors (Lipinski definition) is 0. The fourth-order valence-electron chi connectivity index (χ4n) is 2.79. The van der Waals surface area contributed by atoms with E-state index in [2.05, 4.69) is 15.2 Å². The summed E-state index contributed by atoms with van der Waals surface area (Å²) in [6, 6.07) is 17.4. The summed E-state index contributed by atoms with van der Waals surface area (Å²) >= 11 is 1.57. The molecular formula is C19H12N4S. The van der Waals surface area contributed by atoms with Gasteiger partial charge in [-0.25, -0.2) is 9.97 Å². The molecule has 0 aliphatic rings. The quantitative estimate of drug-likeness (QED) is 0.415. The van der Waals surface area contributed by atoms with Crippen molar-refractivity contribution >= 4 is 43.5 Å². The molecule has 0 radical (unpaired) electrons. The number of aryl methyl sites for hydroxylation is 1. The van der Waals surface area contributed by atoms with Crippen LogP contribution in [-0.2, 0) is 0 Å². The Hall–Kier alpha value is -2.92. The van der Waals surface area contributed by atoms with Crippen LogP contribution in [-0.4, -0.2) is 20.2 Å². The summed E-state index contributed by atoms with van der Waals surface area (Å²) in [4.78, 5) is 10.1. The van der Waals surface area contributed by atoms with E-state index < -0.39 is 6.85 Å². The van der Waals surface area contributed by atoms with Crippen molar-refractivity contribution in [3.63, 3.8) is 0 Å². The third kappa shape index (κ3) is 1.98. The lowest BCUT2D eigenvalue weighted by atomic mass is 10.2. The largest absolute Gasteiger partial charge is 0.242 e. The molecule has 4 nitrogen and oxygen atoms in total. The topological polar surface area (TPSA) is 51.6 Å². The molecule has 0 fully saturated rings. The molecule has 0 saturated carbocycles. The van der Waals surface area contributed by atoms with Crippen LogP contribution in [0.2, 0.25) is 0 Å². The highest BCUT2D eigenvalue weighted by Gasteiger charge is 2.15. The van der Waals surface area contributed by atoms with E-state index in [0.29, 0.717) is 22.2 Å². The lowest BCUT2D eigenvalue weighted by Crippen LogP contribution is -1.98. The molecule has 2 aromatic carbocycles. The van der Waals surface area contributed by atoms with Crippen molar-refractivity contribution in [3.8, 4) is 10.6 Å². The molecule has 0 aliphatic carbocycles. The van der Waals surface area contributed by atoms with Crippen LogP contribution in [0.5, 0.6) is 0 Å². The molecule has 24 heavy (non-hydrogen) atoms. The molecule has 5 aromatic rings. The van der Waals surface area contributed by atoms with Crippen LogP contribution in [0.25, 0.3) is 42.7 Å². The number of fused-ring (bicyclic) bond motifs is 3. The molecule has 0 spiro atoms. The highest BCUT2D eigenvalue weighted by molar-refractivity contribution is 7.22. The molecule has 3 heterocycles. The van der Waals surface area contributed by atoms with E-state index >= 15 is 0 Å². The number of para-hydroxylation sites is 2. The van der Waals surface area contributed by atoms with Crippen molar-refractivity contribution < 1.29 is 4.11 Å². The van der Waals surface area contributed by atoms with Crippen molar-refractivity contribution in [2.75, 3.05) is 0 Å². The van der Waals surface area contributed by atoms with Crippen LogP contribution in [0.3, 0.4) is 0 Å². The average Bonchev–Trinajstić information content (AvgIpc) is 3.08. The summed E-state index contributed by atoms with van der Waals surface area (Å²) in [5.74, 6) is 0. The van der Waals surface area contributed by atoms with Gasteiger partial charge in [-0.05, 0) is 36.5 Å². The van der Waals surface area contributed by atoms with Crippen LogP contribution in [0.4, 0.5) is 0 Å². The predicted octanol–water partition coefficient (Wildman–Crippen LogP) is 4.76. The highest BCUT2D eigenvalue weighted by atomic mass is 32.1. The minimum Gasteiger partial charge on any atom is -0.242 e.